The fourth-order valence-electron chi connectivity index (χ4n) is 0.775. The Hall–Kier alpha value is -0.290. The molecule has 0 aromatic carbocycles. The van der Waals surface area contributed by atoms with Crippen LogP contribution in [0.2, 0.25) is 0 Å². The molecular formula is C8H9Br2NO2. The molecule has 1 N–H and O–H groups in total. The molecular weight excluding hydrogens is 302 g/mol. The summed E-state index contributed by atoms with van der Waals surface area (Å²) in [6.07, 6.45) is 1.42. The summed E-state index contributed by atoms with van der Waals surface area (Å²) in [5.41, 5.74) is 0.527. The molecule has 1 amide bonds. The lowest BCUT2D eigenvalue weighted by molar-refractivity contribution is 0.0943. The van der Waals surface area contributed by atoms with Crippen molar-refractivity contribution >= 4 is 37.8 Å². The van der Waals surface area contributed by atoms with Crippen molar-refractivity contribution in [1.29, 1.82) is 0 Å². The van der Waals surface area contributed by atoms with E-state index in [1.54, 1.807) is 6.07 Å². The molecule has 0 saturated carbocycles. The lowest BCUT2D eigenvalue weighted by Gasteiger charge is -2.08. The maximum Gasteiger partial charge on any atom is 0.254 e. The van der Waals surface area contributed by atoms with Gasteiger partial charge in [-0.2, -0.15) is 0 Å². The Kier molecular flexibility index (Phi) is 3.99. The molecule has 13 heavy (non-hydrogen) atoms. The predicted octanol–water partition coefficient (Wildman–Crippen LogP) is 2.56. The van der Waals surface area contributed by atoms with E-state index in [2.05, 4.69) is 37.2 Å². The van der Waals surface area contributed by atoms with Crippen molar-refractivity contribution in [2.24, 2.45) is 0 Å². The fraction of sp³-hybridized carbons (Fsp3) is 0.375. The standard InChI is InChI=1S/C8H9Br2NO2/c1-5(3-9)11-8(12)6-2-7(10)13-4-6/h2,4-5H,3H2,1H3,(H,11,12). The van der Waals surface area contributed by atoms with E-state index in [0.717, 1.165) is 5.33 Å². The van der Waals surface area contributed by atoms with E-state index < -0.39 is 0 Å². The van der Waals surface area contributed by atoms with E-state index in [4.69, 9.17) is 4.42 Å². The average molecular weight is 311 g/mol. The van der Waals surface area contributed by atoms with Crippen LogP contribution in [0.15, 0.2) is 21.4 Å². The monoisotopic (exact) mass is 309 g/mol. The second kappa shape index (κ2) is 4.81. The SMILES string of the molecule is CC(CBr)NC(=O)c1coc(Br)c1. The van der Waals surface area contributed by atoms with Gasteiger partial charge in [0.1, 0.15) is 6.26 Å². The smallest absolute Gasteiger partial charge is 0.254 e. The van der Waals surface area contributed by atoms with Crippen LogP contribution in [0, 0.1) is 0 Å². The molecule has 1 aromatic heterocycles. The van der Waals surface area contributed by atoms with E-state index in [1.807, 2.05) is 6.92 Å². The number of alkyl halides is 1. The highest BCUT2D eigenvalue weighted by molar-refractivity contribution is 9.10. The van der Waals surface area contributed by atoms with Crippen molar-refractivity contribution < 1.29 is 9.21 Å². The normalized spacial score (nSPS) is 12.5. The zero-order valence-corrected chi connectivity index (χ0v) is 10.2. The minimum atomic E-state index is -0.124. The number of amides is 1. The molecule has 1 heterocycles. The van der Waals surface area contributed by atoms with Crippen LogP contribution in [0.25, 0.3) is 0 Å². The molecule has 1 unspecified atom stereocenters. The van der Waals surface area contributed by atoms with Crippen LogP contribution in [0.3, 0.4) is 0 Å². The maximum absolute atomic E-state index is 11.4. The van der Waals surface area contributed by atoms with Gasteiger partial charge >= 0.3 is 0 Å². The Morgan fingerprint density at radius 1 is 1.77 bits per heavy atom. The molecule has 0 bridgehead atoms. The Labute approximate surface area is 93.1 Å². The Balaban J connectivity index is 2.58. The van der Waals surface area contributed by atoms with Crippen molar-refractivity contribution in [1.82, 2.24) is 5.32 Å². The number of nitrogens with one attached hydrogen (secondary N) is 1. The van der Waals surface area contributed by atoms with E-state index in [-0.39, 0.29) is 11.9 Å². The van der Waals surface area contributed by atoms with Gasteiger partial charge in [0.05, 0.1) is 5.56 Å². The molecule has 5 heteroatoms. The van der Waals surface area contributed by atoms with Crippen molar-refractivity contribution in [2.45, 2.75) is 13.0 Å². The Morgan fingerprint density at radius 2 is 2.46 bits per heavy atom. The van der Waals surface area contributed by atoms with E-state index in [9.17, 15) is 4.79 Å². The summed E-state index contributed by atoms with van der Waals surface area (Å²) in [5.74, 6) is -0.124. The first kappa shape index (κ1) is 10.8. The van der Waals surface area contributed by atoms with Crippen LogP contribution in [-0.4, -0.2) is 17.3 Å². The van der Waals surface area contributed by atoms with Crippen LogP contribution >= 0.6 is 31.9 Å². The van der Waals surface area contributed by atoms with Crippen molar-refractivity contribution in [3.63, 3.8) is 0 Å². The van der Waals surface area contributed by atoms with Crippen molar-refractivity contribution in [3.8, 4) is 0 Å². The summed E-state index contributed by atoms with van der Waals surface area (Å²) in [6, 6.07) is 1.75. The summed E-state index contributed by atoms with van der Waals surface area (Å²) in [6.45, 7) is 1.92. The quantitative estimate of drug-likeness (QED) is 0.872. The first-order chi connectivity index (χ1) is 6.13. The van der Waals surface area contributed by atoms with Gasteiger partial charge in [-0.1, -0.05) is 15.9 Å². The number of carbonyl (C=O) groups is 1. The molecule has 1 rings (SSSR count). The molecule has 0 aliphatic carbocycles. The molecule has 3 nitrogen and oxygen atoms in total. The largest absolute Gasteiger partial charge is 0.457 e. The number of carbonyl (C=O) groups excluding carboxylic acids is 1. The van der Waals surface area contributed by atoms with E-state index >= 15 is 0 Å². The highest BCUT2D eigenvalue weighted by Gasteiger charge is 2.10. The Morgan fingerprint density at radius 3 is 2.92 bits per heavy atom. The summed E-state index contributed by atoms with van der Waals surface area (Å²) in [7, 11) is 0. The first-order valence-corrected chi connectivity index (χ1v) is 5.65. The minimum absolute atomic E-state index is 0.112. The second-order valence-corrected chi connectivity index (χ2v) is 4.10. The maximum atomic E-state index is 11.4. The lowest BCUT2D eigenvalue weighted by atomic mass is 10.3. The highest BCUT2D eigenvalue weighted by Crippen LogP contribution is 2.13. The molecule has 0 aliphatic heterocycles. The first-order valence-electron chi connectivity index (χ1n) is 3.74. The third-order valence-electron chi connectivity index (χ3n) is 1.44. The van der Waals surface area contributed by atoms with Crippen LogP contribution in [0.4, 0.5) is 0 Å². The molecule has 72 valence electrons. The number of rotatable bonds is 3. The summed E-state index contributed by atoms with van der Waals surface area (Å²) in [4.78, 5) is 11.4. The number of hydrogen-bond donors (Lipinski definition) is 1. The Bertz CT molecular complexity index is 298. The molecule has 0 fully saturated rings. The predicted molar refractivity (Wildman–Crippen MR) is 57.1 cm³/mol. The summed E-state index contributed by atoms with van der Waals surface area (Å²) >= 11 is 6.40. The van der Waals surface area contributed by atoms with Crippen LogP contribution in [0.1, 0.15) is 17.3 Å². The highest BCUT2D eigenvalue weighted by atomic mass is 79.9. The third-order valence-corrected chi connectivity index (χ3v) is 2.83. The van der Waals surface area contributed by atoms with Gasteiger partial charge in [-0.25, -0.2) is 0 Å². The van der Waals surface area contributed by atoms with E-state index in [0.29, 0.717) is 10.2 Å². The van der Waals surface area contributed by atoms with Crippen LogP contribution in [-0.2, 0) is 0 Å². The van der Waals surface area contributed by atoms with Crippen molar-refractivity contribution in [3.05, 3.63) is 22.6 Å². The van der Waals surface area contributed by atoms with Gasteiger partial charge in [-0.15, -0.1) is 0 Å². The van der Waals surface area contributed by atoms with Crippen molar-refractivity contribution in [2.75, 3.05) is 5.33 Å². The zero-order chi connectivity index (χ0) is 9.84. The van der Waals surface area contributed by atoms with Gasteiger partial charge in [0.25, 0.3) is 5.91 Å². The molecule has 1 atom stereocenters. The number of furan rings is 1. The fourth-order valence-corrected chi connectivity index (χ4v) is 1.28. The van der Waals surface area contributed by atoms with Gasteiger partial charge in [0.15, 0.2) is 4.67 Å². The third kappa shape index (κ3) is 3.15. The van der Waals surface area contributed by atoms with E-state index in [1.165, 1.54) is 6.26 Å². The molecule has 1 aromatic rings. The van der Waals surface area contributed by atoms with Gasteiger partial charge in [0.2, 0.25) is 0 Å². The summed E-state index contributed by atoms with van der Waals surface area (Å²) < 4.78 is 5.50. The topological polar surface area (TPSA) is 42.2 Å². The number of hydrogen-bond acceptors (Lipinski definition) is 2. The average Bonchev–Trinajstić information content (AvgIpc) is 2.51. The molecule has 0 spiro atoms. The second-order valence-electron chi connectivity index (χ2n) is 2.67. The van der Waals surface area contributed by atoms with Gasteiger partial charge in [-0.3, -0.25) is 4.79 Å². The van der Waals surface area contributed by atoms with Gasteiger partial charge in [0, 0.05) is 17.4 Å². The molecule has 0 radical (unpaired) electrons. The molecule has 0 saturated heterocycles. The summed E-state index contributed by atoms with van der Waals surface area (Å²) in [5, 5.41) is 3.53. The van der Waals surface area contributed by atoms with Gasteiger partial charge < -0.3 is 9.73 Å². The number of halogens is 2. The van der Waals surface area contributed by atoms with Crippen LogP contribution < -0.4 is 5.32 Å². The minimum Gasteiger partial charge on any atom is -0.457 e. The lowest BCUT2D eigenvalue weighted by Crippen LogP contribution is -2.33. The zero-order valence-electron chi connectivity index (χ0n) is 7.01. The molecule has 0 aliphatic rings. The van der Waals surface area contributed by atoms with Gasteiger partial charge in [-0.05, 0) is 22.9 Å². The van der Waals surface area contributed by atoms with Crippen LogP contribution in [0.5, 0.6) is 0 Å².